The Morgan fingerprint density at radius 3 is 2.33 bits per heavy atom. The Balaban J connectivity index is 4.41. The van der Waals surface area contributed by atoms with E-state index in [0.717, 1.165) is 0 Å². The van der Waals surface area contributed by atoms with Crippen molar-refractivity contribution in [3.05, 3.63) is 0 Å². The fourth-order valence-electron chi connectivity index (χ4n) is 1.52. The van der Waals surface area contributed by atoms with Gasteiger partial charge < -0.3 is 9.47 Å². The molecule has 0 unspecified atom stereocenters. The van der Waals surface area contributed by atoms with Crippen LogP contribution in [-0.2, 0) is 24.3 Å². The number of carbonyl (C=O) groups excluding carboxylic acids is 1. The first kappa shape index (κ1) is 17.3. The summed E-state index contributed by atoms with van der Waals surface area (Å²) in [5.74, 6) is -0.442. The highest BCUT2D eigenvalue weighted by Crippen LogP contribution is 2.09. The predicted octanol–water partition coefficient (Wildman–Crippen LogP) is 0.626. The van der Waals surface area contributed by atoms with E-state index in [2.05, 4.69) is 4.74 Å². The van der Waals surface area contributed by atoms with E-state index in [1.807, 2.05) is 13.8 Å². The Kier molecular flexibility index (Phi) is 8.13. The van der Waals surface area contributed by atoms with Gasteiger partial charge in [0.2, 0.25) is 10.0 Å². The molecule has 0 saturated heterocycles. The SMILES string of the molecule is COCCN(C(C)C)S(=O)(=O)CCCC(=O)OC. The van der Waals surface area contributed by atoms with Gasteiger partial charge in [-0.05, 0) is 20.3 Å². The number of methoxy groups -OCH3 is 2. The molecule has 0 fully saturated rings. The average molecular weight is 281 g/mol. The largest absolute Gasteiger partial charge is 0.469 e. The molecular weight excluding hydrogens is 258 g/mol. The van der Waals surface area contributed by atoms with Crippen molar-refractivity contribution < 1.29 is 22.7 Å². The second-order valence-electron chi connectivity index (χ2n) is 4.19. The number of hydrogen-bond donors (Lipinski definition) is 0. The first-order chi connectivity index (χ1) is 8.35. The highest BCUT2D eigenvalue weighted by atomic mass is 32.2. The number of carbonyl (C=O) groups is 1. The van der Waals surface area contributed by atoms with Crippen LogP contribution in [0.15, 0.2) is 0 Å². The van der Waals surface area contributed by atoms with Crippen LogP contribution in [0.3, 0.4) is 0 Å². The lowest BCUT2D eigenvalue weighted by molar-refractivity contribution is -0.140. The number of rotatable bonds is 9. The van der Waals surface area contributed by atoms with Crippen LogP contribution in [0.2, 0.25) is 0 Å². The van der Waals surface area contributed by atoms with Crippen molar-refractivity contribution >= 4 is 16.0 Å². The van der Waals surface area contributed by atoms with Crippen molar-refractivity contribution in [1.29, 1.82) is 0 Å². The lowest BCUT2D eigenvalue weighted by Crippen LogP contribution is -2.40. The molecule has 0 rings (SSSR count). The molecule has 0 atom stereocenters. The first-order valence-electron chi connectivity index (χ1n) is 5.90. The fraction of sp³-hybridized carbons (Fsp3) is 0.909. The summed E-state index contributed by atoms with van der Waals surface area (Å²) in [5.41, 5.74) is 0. The van der Waals surface area contributed by atoms with Crippen LogP contribution in [0.5, 0.6) is 0 Å². The molecular formula is C11H23NO5S. The lowest BCUT2D eigenvalue weighted by atomic mass is 10.3. The molecule has 6 nitrogen and oxygen atoms in total. The Labute approximate surface area is 109 Å². The number of esters is 1. The molecule has 108 valence electrons. The van der Waals surface area contributed by atoms with E-state index in [1.54, 1.807) is 0 Å². The average Bonchev–Trinajstić information content (AvgIpc) is 2.28. The maximum absolute atomic E-state index is 12.1. The smallest absolute Gasteiger partial charge is 0.305 e. The molecule has 0 spiro atoms. The van der Waals surface area contributed by atoms with E-state index in [9.17, 15) is 13.2 Å². The molecule has 0 aliphatic heterocycles. The number of ether oxygens (including phenoxy) is 2. The van der Waals surface area contributed by atoms with Gasteiger partial charge in [0.25, 0.3) is 0 Å². The van der Waals surface area contributed by atoms with Gasteiger partial charge in [-0.3, -0.25) is 4.79 Å². The van der Waals surface area contributed by atoms with Gasteiger partial charge in [-0.15, -0.1) is 0 Å². The van der Waals surface area contributed by atoms with Gasteiger partial charge in [0.05, 0.1) is 19.5 Å². The zero-order chi connectivity index (χ0) is 14.2. The van der Waals surface area contributed by atoms with E-state index < -0.39 is 16.0 Å². The molecule has 0 aromatic rings. The van der Waals surface area contributed by atoms with Crippen LogP contribution >= 0.6 is 0 Å². The summed E-state index contributed by atoms with van der Waals surface area (Å²) in [6.45, 7) is 4.31. The van der Waals surface area contributed by atoms with Gasteiger partial charge in [0.15, 0.2) is 0 Å². The molecule has 0 aliphatic rings. The van der Waals surface area contributed by atoms with E-state index in [-0.39, 0.29) is 24.6 Å². The van der Waals surface area contributed by atoms with Crippen LogP contribution in [0.25, 0.3) is 0 Å². The van der Waals surface area contributed by atoms with E-state index in [1.165, 1.54) is 18.5 Å². The monoisotopic (exact) mass is 281 g/mol. The Bertz CT molecular complexity index is 339. The summed E-state index contributed by atoms with van der Waals surface area (Å²) in [5, 5.41) is 0. The molecule has 0 aromatic heterocycles. The molecule has 0 radical (unpaired) electrons. The molecule has 0 aromatic carbocycles. The summed E-state index contributed by atoms with van der Waals surface area (Å²) in [7, 11) is -0.535. The molecule has 0 aliphatic carbocycles. The fourth-order valence-corrected chi connectivity index (χ4v) is 3.26. The third-order valence-electron chi connectivity index (χ3n) is 2.46. The van der Waals surface area contributed by atoms with Crippen LogP contribution in [0.4, 0.5) is 0 Å². The van der Waals surface area contributed by atoms with Gasteiger partial charge >= 0.3 is 5.97 Å². The third-order valence-corrected chi connectivity index (χ3v) is 4.58. The minimum absolute atomic E-state index is 0.0516. The molecule has 0 N–H and O–H groups in total. The first-order valence-corrected chi connectivity index (χ1v) is 7.51. The van der Waals surface area contributed by atoms with Crippen LogP contribution in [0, 0.1) is 0 Å². The number of hydrogen-bond acceptors (Lipinski definition) is 5. The van der Waals surface area contributed by atoms with E-state index in [0.29, 0.717) is 13.2 Å². The molecule has 0 bridgehead atoms. The number of sulfonamides is 1. The zero-order valence-electron chi connectivity index (χ0n) is 11.5. The maximum atomic E-state index is 12.1. The summed E-state index contributed by atoms with van der Waals surface area (Å²) >= 11 is 0. The van der Waals surface area contributed by atoms with Crippen LogP contribution in [-0.4, -0.2) is 57.9 Å². The lowest BCUT2D eigenvalue weighted by Gasteiger charge is -2.25. The quantitative estimate of drug-likeness (QED) is 0.579. The second kappa shape index (κ2) is 8.44. The van der Waals surface area contributed by atoms with Gasteiger partial charge in [-0.2, -0.15) is 4.31 Å². The van der Waals surface area contributed by atoms with Gasteiger partial charge in [0.1, 0.15) is 0 Å². The third kappa shape index (κ3) is 6.32. The predicted molar refractivity (Wildman–Crippen MR) is 68.8 cm³/mol. The van der Waals surface area contributed by atoms with Crippen molar-refractivity contribution in [3.8, 4) is 0 Å². The van der Waals surface area contributed by atoms with Crippen molar-refractivity contribution in [2.75, 3.05) is 33.1 Å². The summed E-state index contributed by atoms with van der Waals surface area (Å²) < 4.78 is 34.9. The Morgan fingerprint density at radius 2 is 1.89 bits per heavy atom. The summed E-state index contributed by atoms with van der Waals surface area (Å²) in [6, 6.07) is -0.122. The van der Waals surface area contributed by atoms with Gasteiger partial charge in [-0.1, -0.05) is 0 Å². The van der Waals surface area contributed by atoms with Gasteiger partial charge in [-0.25, -0.2) is 8.42 Å². The summed E-state index contributed by atoms with van der Waals surface area (Å²) in [4.78, 5) is 10.9. The van der Waals surface area contributed by atoms with Crippen LogP contribution in [0.1, 0.15) is 26.7 Å². The van der Waals surface area contributed by atoms with Crippen molar-refractivity contribution in [2.24, 2.45) is 0 Å². The van der Waals surface area contributed by atoms with Gasteiger partial charge in [0, 0.05) is 26.1 Å². The minimum Gasteiger partial charge on any atom is -0.469 e. The normalized spacial score (nSPS) is 12.1. The minimum atomic E-state index is -3.35. The van der Waals surface area contributed by atoms with Crippen molar-refractivity contribution in [2.45, 2.75) is 32.7 Å². The molecule has 0 saturated carbocycles. The van der Waals surface area contributed by atoms with E-state index >= 15 is 0 Å². The molecule has 0 heterocycles. The Morgan fingerprint density at radius 1 is 1.28 bits per heavy atom. The topological polar surface area (TPSA) is 72.9 Å². The van der Waals surface area contributed by atoms with E-state index in [4.69, 9.17) is 4.74 Å². The Hall–Kier alpha value is -0.660. The van der Waals surface area contributed by atoms with Crippen molar-refractivity contribution in [3.63, 3.8) is 0 Å². The summed E-state index contributed by atoms with van der Waals surface area (Å²) in [6.07, 6.45) is 0.386. The number of nitrogens with zero attached hydrogens (tertiary/aromatic N) is 1. The zero-order valence-corrected chi connectivity index (χ0v) is 12.3. The maximum Gasteiger partial charge on any atom is 0.305 e. The molecule has 7 heteroatoms. The highest BCUT2D eigenvalue weighted by molar-refractivity contribution is 7.89. The molecule has 18 heavy (non-hydrogen) atoms. The highest BCUT2D eigenvalue weighted by Gasteiger charge is 2.24. The second-order valence-corrected chi connectivity index (χ2v) is 6.23. The van der Waals surface area contributed by atoms with Crippen LogP contribution < -0.4 is 0 Å². The molecule has 0 amide bonds. The standard InChI is InChI=1S/C11H23NO5S/c1-10(2)12(7-8-16-3)18(14,15)9-5-6-11(13)17-4/h10H,5-9H2,1-4H3. The van der Waals surface area contributed by atoms with Crippen molar-refractivity contribution in [1.82, 2.24) is 4.31 Å².